The van der Waals surface area contributed by atoms with Gasteiger partial charge in [-0.1, -0.05) is 26.0 Å². The molecule has 0 saturated carbocycles. The van der Waals surface area contributed by atoms with Crippen LogP contribution in [0.25, 0.3) is 0 Å². The lowest BCUT2D eigenvalue weighted by Gasteiger charge is -2.28. The zero-order valence-corrected chi connectivity index (χ0v) is 10.2. The molecule has 84 valence electrons. The zero-order valence-electron chi connectivity index (χ0n) is 10.2. The Hall–Kier alpha value is -1.02. The Labute approximate surface area is 93.1 Å². The monoisotopic (exact) mass is 206 g/mol. The number of benzene rings is 1. The fourth-order valence-electron chi connectivity index (χ4n) is 2.09. The van der Waals surface area contributed by atoms with E-state index in [9.17, 15) is 0 Å². The summed E-state index contributed by atoms with van der Waals surface area (Å²) in [5.74, 6) is 0. The first-order valence-electron chi connectivity index (χ1n) is 5.70. The van der Waals surface area contributed by atoms with Crippen molar-refractivity contribution in [2.45, 2.75) is 33.7 Å². The molecule has 1 atom stereocenters. The van der Waals surface area contributed by atoms with E-state index in [2.05, 4.69) is 38.7 Å². The number of rotatable bonds is 4. The Kier molecular flexibility index (Phi) is 4.15. The minimum absolute atomic E-state index is 0.448. The SMILES string of the molecule is CCN(CC)C(C)c1cccc(N)c1C. The third-order valence-electron chi connectivity index (χ3n) is 3.23. The molecule has 0 bridgehead atoms. The fraction of sp³-hybridized carbons (Fsp3) is 0.538. The number of nitrogen functional groups attached to an aromatic ring is 1. The highest BCUT2D eigenvalue weighted by molar-refractivity contribution is 5.50. The van der Waals surface area contributed by atoms with Crippen LogP contribution in [0.4, 0.5) is 5.69 Å². The Balaban J connectivity index is 2.99. The maximum absolute atomic E-state index is 5.92. The van der Waals surface area contributed by atoms with E-state index in [0.29, 0.717) is 6.04 Å². The summed E-state index contributed by atoms with van der Waals surface area (Å²) >= 11 is 0. The molecule has 0 saturated heterocycles. The lowest BCUT2D eigenvalue weighted by Crippen LogP contribution is -2.27. The Morgan fingerprint density at radius 3 is 2.40 bits per heavy atom. The fourth-order valence-corrected chi connectivity index (χ4v) is 2.09. The molecule has 2 heteroatoms. The van der Waals surface area contributed by atoms with Crippen LogP contribution in [-0.2, 0) is 0 Å². The molecule has 0 amide bonds. The predicted octanol–water partition coefficient (Wildman–Crippen LogP) is 2.98. The third-order valence-corrected chi connectivity index (χ3v) is 3.23. The Bertz CT molecular complexity index is 316. The van der Waals surface area contributed by atoms with Gasteiger partial charge in [0.25, 0.3) is 0 Å². The number of anilines is 1. The average Bonchev–Trinajstić information content (AvgIpc) is 2.23. The van der Waals surface area contributed by atoms with Crippen molar-refractivity contribution in [2.24, 2.45) is 0 Å². The lowest BCUT2D eigenvalue weighted by atomic mass is 10.00. The third kappa shape index (κ3) is 2.51. The number of nitrogens with two attached hydrogens (primary N) is 1. The first-order chi connectivity index (χ1) is 7.11. The highest BCUT2D eigenvalue weighted by atomic mass is 15.1. The molecule has 1 aromatic rings. The van der Waals surface area contributed by atoms with Gasteiger partial charge < -0.3 is 5.73 Å². The molecule has 0 aliphatic carbocycles. The smallest absolute Gasteiger partial charge is 0.0347 e. The molecular formula is C13H22N2. The summed E-state index contributed by atoms with van der Waals surface area (Å²) in [6, 6.07) is 6.63. The largest absolute Gasteiger partial charge is 0.399 e. The molecule has 15 heavy (non-hydrogen) atoms. The van der Waals surface area contributed by atoms with Crippen LogP contribution in [0.1, 0.15) is 37.9 Å². The van der Waals surface area contributed by atoms with E-state index < -0.39 is 0 Å². The highest BCUT2D eigenvalue weighted by Gasteiger charge is 2.14. The van der Waals surface area contributed by atoms with Crippen molar-refractivity contribution in [1.29, 1.82) is 0 Å². The summed E-state index contributed by atoms with van der Waals surface area (Å²) in [7, 11) is 0. The quantitative estimate of drug-likeness (QED) is 0.767. The molecule has 0 radical (unpaired) electrons. The molecule has 1 aromatic carbocycles. The van der Waals surface area contributed by atoms with Crippen LogP contribution in [0.2, 0.25) is 0 Å². The summed E-state index contributed by atoms with van der Waals surface area (Å²) in [6.45, 7) is 10.9. The maximum atomic E-state index is 5.92. The van der Waals surface area contributed by atoms with Gasteiger partial charge in [0.1, 0.15) is 0 Å². The van der Waals surface area contributed by atoms with Crippen molar-refractivity contribution in [3.8, 4) is 0 Å². The summed E-state index contributed by atoms with van der Waals surface area (Å²) in [6.07, 6.45) is 0. The molecule has 0 spiro atoms. The molecule has 2 nitrogen and oxygen atoms in total. The van der Waals surface area contributed by atoms with Gasteiger partial charge in [-0.05, 0) is 44.1 Å². The summed E-state index contributed by atoms with van der Waals surface area (Å²) in [5, 5.41) is 0. The second-order valence-corrected chi connectivity index (χ2v) is 3.96. The zero-order chi connectivity index (χ0) is 11.4. The van der Waals surface area contributed by atoms with Crippen LogP contribution in [0, 0.1) is 6.92 Å². The molecule has 0 aromatic heterocycles. The van der Waals surface area contributed by atoms with Gasteiger partial charge in [-0.2, -0.15) is 0 Å². The average molecular weight is 206 g/mol. The standard InChI is InChI=1S/C13H22N2/c1-5-15(6-2)11(4)12-8-7-9-13(14)10(12)3/h7-9,11H,5-6,14H2,1-4H3. The molecular weight excluding hydrogens is 184 g/mol. The minimum atomic E-state index is 0.448. The van der Waals surface area contributed by atoms with Crippen LogP contribution >= 0.6 is 0 Å². The first-order valence-corrected chi connectivity index (χ1v) is 5.70. The van der Waals surface area contributed by atoms with E-state index in [-0.39, 0.29) is 0 Å². The molecule has 0 heterocycles. The first kappa shape index (κ1) is 12.1. The molecule has 0 aliphatic heterocycles. The van der Waals surface area contributed by atoms with Crippen molar-refractivity contribution in [2.75, 3.05) is 18.8 Å². The molecule has 0 aliphatic rings. The van der Waals surface area contributed by atoms with E-state index in [1.807, 2.05) is 12.1 Å². The Morgan fingerprint density at radius 1 is 1.27 bits per heavy atom. The van der Waals surface area contributed by atoms with Crippen molar-refractivity contribution in [1.82, 2.24) is 4.90 Å². The van der Waals surface area contributed by atoms with Crippen LogP contribution in [-0.4, -0.2) is 18.0 Å². The Morgan fingerprint density at radius 2 is 1.87 bits per heavy atom. The normalized spacial score (nSPS) is 13.1. The van der Waals surface area contributed by atoms with Gasteiger partial charge in [0.05, 0.1) is 0 Å². The second kappa shape index (κ2) is 5.17. The van der Waals surface area contributed by atoms with Gasteiger partial charge in [0.2, 0.25) is 0 Å². The van der Waals surface area contributed by atoms with E-state index in [4.69, 9.17) is 5.73 Å². The van der Waals surface area contributed by atoms with Crippen molar-refractivity contribution in [3.63, 3.8) is 0 Å². The van der Waals surface area contributed by atoms with Gasteiger partial charge in [-0.3, -0.25) is 4.90 Å². The molecule has 0 fully saturated rings. The van der Waals surface area contributed by atoms with Crippen LogP contribution in [0.3, 0.4) is 0 Å². The van der Waals surface area contributed by atoms with Gasteiger partial charge in [0.15, 0.2) is 0 Å². The number of hydrogen-bond donors (Lipinski definition) is 1. The predicted molar refractivity (Wildman–Crippen MR) is 66.9 cm³/mol. The molecule has 2 N–H and O–H groups in total. The second-order valence-electron chi connectivity index (χ2n) is 3.96. The van der Waals surface area contributed by atoms with Gasteiger partial charge in [0, 0.05) is 11.7 Å². The van der Waals surface area contributed by atoms with E-state index in [0.717, 1.165) is 18.8 Å². The summed E-state index contributed by atoms with van der Waals surface area (Å²) in [5.41, 5.74) is 9.38. The van der Waals surface area contributed by atoms with Crippen LogP contribution in [0.15, 0.2) is 18.2 Å². The molecule has 1 rings (SSSR count). The van der Waals surface area contributed by atoms with Crippen molar-refractivity contribution in [3.05, 3.63) is 29.3 Å². The van der Waals surface area contributed by atoms with Crippen LogP contribution in [0.5, 0.6) is 0 Å². The van der Waals surface area contributed by atoms with Crippen LogP contribution < -0.4 is 5.73 Å². The van der Waals surface area contributed by atoms with Crippen molar-refractivity contribution < 1.29 is 0 Å². The molecule has 1 unspecified atom stereocenters. The van der Waals surface area contributed by atoms with E-state index in [1.54, 1.807) is 0 Å². The summed E-state index contributed by atoms with van der Waals surface area (Å²) < 4.78 is 0. The highest BCUT2D eigenvalue weighted by Crippen LogP contribution is 2.26. The number of nitrogens with zero attached hydrogens (tertiary/aromatic N) is 1. The van der Waals surface area contributed by atoms with E-state index in [1.165, 1.54) is 11.1 Å². The number of hydrogen-bond acceptors (Lipinski definition) is 2. The maximum Gasteiger partial charge on any atom is 0.0347 e. The minimum Gasteiger partial charge on any atom is -0.399 e. The van der Waals surface area contributed by atoms with Gasteiger partial charge in [-0.25, -0.2) is 0 Å². The van der Waals surface area contributed by atoms with Gasteiger partial charge >= 0.3 is 0 Å². The summed E-state index contributed by atoms with van der Waals surface area (Å²) in [4.78, 5) is 2.43. The van der Waals surface area contributed by atoms with Crippen molar-refractivity contribution >= 4 is 5.69 Å². The topological polar surface area (TPSA) is 29.3 Å². The van der Waals surface area contributed by atoms with Gasteiger partial charge in [-0.15, -0.1) is 0 Å². The lowest BCUT2D eigenvalue weighted by molar-refractivity contribution is 0.234. The van der Waals surface area contributed by atoms with E-state index >= 15 is 0 Å².